The molecule has 0 atom stereocenters. The van der Waals surface area contributed by atoms with E-state index in [2.05, 4.69) is 103 Å². The number of nitrogens with one attached hydrogen (secondary N) is 1. The van der Waals surface area contributed by atoms with Gasteiger partial charge in [-0.2, -0.15) is 0 Å². The molecule has 36 heavy (non-hydrogen) atoms. The van der Waals surface area contributed by atoms with Gasteiger partial charge in [0.05, 0.1) is 16.7 Å². The average molecular weight is 463 g/mol. The normalized spacial score (nSPS) is 13.6. The van der Waals surface area contributed by atoms with Crippen molar-refractivity contribution in [3.05, 3.63) is 138 Å². The SMILES string of the molecule is CC1(C)c2ccccc2-c2ccc3c(c21)c1ccccc1n3-c1ccc(C(=N)c2ccccc2)cc1. The molecule has 6 aromatic rings. The van der Waals surface area contributed by atoms with Gasteiger partial charge in [-0.3, -0.25) is 5.41 Å². The fourth-order valence-corrected chi connectivity index (χ4v) is 6.16. The van der Waals surface area contributed by atoms with E-state index in [0.717, 1.165) is 16.8 Å². The average Bonchev–Trinajstić information content (AvgIpc) is 3.38. The summed E-state index contributed by atoms with van der Waals surface area (Å²) in [5.74, 6) is 0. The van der Waals surface area contributed by atoms with Gasteiger partial charge in [0, 0.05) is 27.4 Å². The Hall–Kier alpha value is -4.43. The van der Waals surface area contributed by atoms with Gasteiger partial charge in [0.15, 0.2) is 0 Å². The van der Waals surface area contributed by atoms with Gasteiger partial charge in [-0.15, -0.1) is 0 Å². The van der Waals surface area contributed by atoms with Crippen LogP contribution in [-0.2, 0) is 5.41 Å². The number of aromatic nitrogens is 1. The van der Waals surface area contributed by atoms with Crippen molar-refractivity contribution in [2.75, 3.05) is 0 Å². The quantitative estimate of drug-likeness (QED) is 0.255. The molecule has 0 radical (unpaired) electrons. The lowest BCUT2D eigenvalue weighted by Crippen LogP contribution is -2.15. The van der Waals surface area contributed by atoms with Crippen LogP contribution in [0.5, 0.6) is 0 Å². The van der Waals surface area contributed by atoms with E-state index in [-0.39, 0.29) is 5.41 Å². The highest BCUT2D eigenvalue weighted by Crippen LogP contribution is 2.53. The zero-order chi connectivity index (χ0) is 24.4. The number of benzene rings is 5. The largest absolute Gasteiger partial charge is 0.309 e. The molecule has 0 saturated carbocycles. The van der Waals surface area contributed by atoms with Crippen LogP contribution in [0.2, 0.25) is 0 Å². The molecule has 0 fully saturated rings. The molecular weight excluding hydrogens is 436 g/mol. The molecule has 172 valence electrons. The van der Waals surface area contributed by atoms with Crippen LogP contribution >= 0.6 is 0 Å². The van der Waals surface area contributed by atoms with Crippen molar-refractivity contribution in [2.45, 2.75) is 19.3 Å². The van der Waals surface area contributed by atoms with E-state index in [1.807, 2.05) is 30.3 Å². The molecule has 0 amide bonds. The molecule has 0 aliphatic heterocycles. The van der Waals surface area contributed by atoms with Gasteiger partial charge >= 0.3 is 0 Å². The van der Waals surface area contributed by atoms with Crippen LogP contribution in [0, 0.1) is 5.41 Å². The van der Waals surface area contributed by atoms with Crippen molar-refractivity contribution in [1.82, 2.24) is 4.57 Å². The second-order valence-corrected chi connectivity index (χ2v) is 10.2. The van der Waals surface area contributed by atoms with E-state index >= 15 is 0 Å². The lowest BCUT2D eigenvalue weighted by Gasteiger charge is -2.22. The zero-order valence-corrected chi connectivity index (χ0v) is 20.4. The van der Waals surface area contributed by atoms with Crippen LogP contribution in [0.25, 0.3) is 38.6 Å². The number of rotatable bonds is 3. The monoisotopic (exact) mass is 462 g/mol. The van der Waals surface area contributed by atoms with Crippen molar-refractivity contribution in [2.24, 2.45) is 0 Å². The van der Waals surface area contributed by atoms with Gasteiger partial charge in [0.1, 0.15) is 0 Å². The van der Waals surface area contributed by atoms with Crippen LogP contribution < -0.4 is 0 Å². The maximum atomic E-state index is 8.66. The van der Waals surface area contributed by atoms with Crippen molar-refractivity contribution in [1.29, 1.82) is 5.41 Å². The molecular formula is C34H26N2. The summed E-state index contributed by atoms with van der Waals surface area (Å²) < 4.78 is 2.37. The minimum atomic E-state index is -0.0744. The fourth-order valence-electron chi connectivity index (χ4n) is 6.16. The molecule has 1 aliphatic rings. The minimum Gasteiger partial charge on any atom is -0.309 e. The van der Waals surface area contributed by atoms with Crippen LogP contribution in [0.4, 0.5) is 0 Å². The summed E-state index contributed by atoms with van der Waals surface area (Å²) in [5, 5.41) is 11.3. The Kier molecular flexibility index (Phi) is 4.37. The highest BCUT2D eigenvalue weighted by molar-refractivity contribution is 6.14. The lowest BCUT2D eigenvalue weighted by atomic mass is 9.80. The van der Waals surface area contributed by atoms with Crippen molar-refractivity contribution >= 4 is 27.5 Å². The first kappa shape index (κ1) is 20.9. The first-order valence-corrected chi connectivity index (χ1v) is 12.5. The van der Waals surface area contributed by atoms with Crippen molar-refractivity contribution < 1.29 is 0 Å². The highest BCUT2D eigenvalue weighted by Gasteiger charge is 2.37. The molecule has 0 bridgehead atoms. The lowest BCUT2D eigenvalue weighted by molar-refractivity contribution is 0.666. The molecule has 1 N–H and O–H groups in total. The summed E-state index contributed by atoms with van der Waals surface area (Å²) >= 11 is 0. The van der Waals surface area contributed by atoms with Crippen LogP contribution in [-0.4, -0.2) is 10.3 Å². The Balaban J connectivity index is 1.45. The second-order valence-electron chi connectivity index (χ2n) is 10.2. The van der Waals surface area contributed by atoms with Gasteiger partial charge in [-0.1, -0.05) is 105 Å². The maximum Gasteiger partial charge on any atom is 0.0684 e. The summed E-state index contributed by atoms with van der Waals surface area (Å²) in [7, 11) is 0. The topological polar surface area (TPSA) is 28.8 Å². The number of fused-ring (bicyclic) bond motifs is 7. The molecule has 5 aromatic carbocycles. The molecule has 2 nitrogen and oxygen atoms in total. The van der Waals surface area contributed by atoms with Crippen molar-refractivity contribution in [3.8, 4) is 16.8 Å². The van der Waals surface area contributed by atoms with Crippen LogP contribution in [0.15, 0.2) is 115 Å². The summed E-state index contributed by atoms with van der Waals surface area (Å²) in [6.07, 6.45) is 0. The molecule has 0 saturated heterocycles. The van der Waals surface area contributed by atoms with Gasteiger partial charge in [-0.25, -0.2) is 0 Å². The Bertz CT molecular complexity index is 1800. The molecule has 7 rings (SSSR count). The van der Waals surface area contributed by atoms with E-state index in [4.69, 9.17) is 5.41 Å². The molecule has 0 spiro atoms. The molecule has 2 heteroatoms. The summed E-state index contributed by atoms with van der Waals surface area (Å²) in [4.78, 5) is 0. The van der Waals surface area contributed by atoms with E-state index in [0.29, 0.717) is 5.71 Å². The molecule has 0 unspecified atom stereocenters. The highest BCUT2D eigenvalue weighted by atomic mass is 15.0. The number of hydrogen-bond acceptors (Lipinski definition) is 1. The maximum absolute atomic E-state index is 8.66. The second kappa shape index (κ2) is 7.53. The molecule has 1 heterocycles. The summed E-state index contributed by atoms with van der Waals surface area (Å²) in [5.41, 5.74) is 11.4. The van der Waals surface area contributed by atoms with E-state index in [1.54, 1.807) is 0 Å². The Morgan fingerprint density at radius 2 is 1.28 bits per heavy atom. The number of nitrogens with zero attached hydrogens (tertiary/aromatic N) is 1. The smallest absolute Gasteiger partial charge is 0.0684 e. The third-order valence-electron chi connectivity index (χ3n) is 7.83. The van der Waals surface area contributed by atoms with Gasteiger partial charge < -0.3 is 4.57 Å². The van der Waals surface area contributed by atoms with E-state index in [1.165, 1.54) is 44.1 Å². The van der Waals surface area contributed by atoms with Crippen molar-refractivity contribution in [3.63, 3.8) is 0 Å². The standard InChI is InChI=1S/C34H26N2/c1-34(2)28-14-8-6-12-25(28)26-20-21-30-31(32(26)34)27-13-7-9-15-29(27)36(30)24-18-16-23(17-19-24)33(35)22-10-4-3-5-11-22/h3-21,35H,1-2H3. The Morgan fingerprint density at radius 3 is 2.08 bits per heavy atom. The zero-order valence-electron chi connectivity index (χ0n) is 20.4. The summed E-state index contributed by atoms with van der Waals surface area (Å²) in [6, 6.07) is 40.5. The van der Waals surface area contributed by atoms with Gasteiger partial charge in [-0.05, 0) is 52.1 Å². The van der Waals surface area contributed by atoms with Gasteiger partial charge in [0.2, 0.25) is 0 Å². The first-order chi connectivity index (χ1) is 17.6. The Morgan fingerprint density at radius 1 is 0.611 bits per heavy atom. The molecule has 1 aromatic heterocycles. The van der Waals surface area contributed by atoms with Crippen LogP contribution in [0.3, 0.4) is 0 Å². The third-order valence-corrected chi connectivity index (χ3v) is 7.83. The predicted molar refractivity (Wildman–Crippen MR) is 151 cm³/mol. The van der Waals surface area contributed by atoms with E-state index in [9.17, 15) is 0 Å². The minimum absolute atomic E-state index is 0.0744. The molecule has 1 aliphatic carbocycles. The van der Waals surface area contributed by atoms with E-state index < -0.39 is 0 Å². The third kappa shape index (κ3) is 2.82. The van der Waals surface area contributed by atoms with Crippen LogP contribution in [0.1, 0.15) is 36.1 Å². The fraction of sp³-hybridized carbons (Fsp3) is 0.0882. The predicted octanol–water partition coefficient (Wildman–Crippen LogP) is 8.51. The number of para-hydroxylation sites is 1. The first-order valence-electron chi connectivity index (χ1n) is 12.5. The summed E-state index contributed by atoms with van der Waals surface area (Å²) in [6.45, 7) is 4.71. The Labute approximate surface area is 211 Å². The number of hydrogen-bond donors (Lipinski definition) is 1. The van der Waals surface area contributed by atoms with Gasteiger partial charge in [0.25, 0.3) is 0 Å².